The number of urea groups is 1. The fraction of sp³-hybridized carbons (Fsp3) is 0.158. The van der Waals surface area contributed by atoms with E-state index < -0.39 is 11.9 Å². The second kappa shape index (κ2) is 9.17. The summed E-state index contributed by atoms with van der Waals surface area (Å²) in [4.78, 5) is 37.8. The van der Waals surface area contributed by atoms with Crippen LogP contribution in [0, 0.1) is 0 Å². The van der Waals surface area contributed by atoms with Crippen LogP contribution in [-0.2, 0) is 11.2 Å². The molecular formula is C19H20N4O5. The Balaban J connectivity index is 0.000000207. The van der Waals surface area contributed by atoms with Crippen molar-refractivity contribution in [2.45, 2.75) is 6.42 Å². The van der Waals surface area contributed by atoms with E-state index in [0.29, 0.717) is 22.4 Å². The Morgan fingerprint density at radius 2 is 1.86 bits per heavy atom. The molecule has 3 rings (SSSR count). The van der Waals surface area contributed by atoms with Crippen molar-refractivity contribution >= 4 is 34.7 Å². The molecule has 0 aliphatic rings. The monoisotopic (exact) mass is 384 g/mol. The second-order valence-electron chi connectivity index (χ2n) is 5.95. The molecule has 146 valence electrons. The molecule has 0 unspecified atom stereocenters. The maximum absolute atomic E-state index is 11.3. The second-order valence-corrected chi connectivity index (χ2v) is 5.95. The van der Waals surface area contributed by atoms with Gasteiger partial charge in [0, 0.05) is 19.8 Å². The van der Waals surface area contributed by atoms with Crippen LogP contribution in [0.2, 0.25) is 0 Å². The van der Waals surface area contributed by atoms with Crippen LogP contribution in [0.4, 0.5) is 10.5 Å². The van der Waals surface area contributed by atoms with Gasteiger partial charge in [0.1, 0.15) is 5.52 Å². The van der Waals surface area contributed by atoms with Gasteiger partial charge >= 0.3 is 17.9 Å². The molecule has 3 amide bonds. The Kier molecular flexibility index (Phi) is 6.69. The summed E-state index contributed by atoms with van der Waals surface area (Å²) in [5, 5.41) is 11.3. The number of benzene rings is 2. The van der Waals surface area contributed by atoms with E-state index in [2.05, 4.69) is 10.3 Å². The average Bonchev–Trinajstić information content (AvgIpc) is 3.06. The minimum atomic E-state index is -0.893. The third kappa shape index (κ3) is 5.84. The van der Waals surface area contributed by atoms with Crippen LogP contribution in [0.3, 0.4) is 0 Å². The Morgan fingerprint density at radius 3 is 2.46 bits per heavy atom. The molecule has 0 bridgehead atoms. The van der Waals surface area contributed by atoms with Crippen molar-refractivity contribution < 1.29 is 23.9 Å². The molecule has 9 heteroatoms. The number of oxazole rings is 1. The summed E-state index contributed by atoms with van der Waals surface area (Å²) >= 11 is 0. The van der Waals surface area contributed by atoms with Crippen molar-refractivity contribution in [3.8, 4) is 0 Å². The number of fused-ring (bicyclic) bond motifs is 1. The molecule has 3 aromatic rings. The van der Waals surface area contributed by atoms with Gasteiger partial charge in [0.05, 0.1) is 6.42 Å². The number of primary amides is 1. The molecule has 0 spiro atoms. The topological polar surface area (TPSA) is 139 Å². The van der Waals surface area contributed by atoms with Gasteiger partial charge in [-0.1, -0.05) is 24.3 Å². The van der Waals surface area contributed by atoms with Gasteiger partial charge in [-0.15, -0.1) is 0 Å². The lowest BCUT2D eigenvalue weighted by molar-refractivity contribution is -0.136. The molecule has 0 aliphatic carbocycles. The van der Waals surface area contributed by atoms with Gasteiger partial charge < -0.3 is 25.5 Å². The van der Waals surface area contributed by atoms with Crippen LogP contribution < -0.4 is 11.1 Å². The first-order valence-corrected chi connectivity index (χ1v) is 8.20. The van der Waals surface area contributed by atoms with E-state index in [1.165, 1.54) is 4.90 Å². The highest BCUT2D eigenvalue weighted by Gasteiger charge is 2.09. The number of carboxylic acid groups (broad SMARTS) is 1. The van der Waals surface area contributed by atoms with Crippen molar-refractivity contribution in [1.82, 2.24) is 9.88 Å². The number of carbonyl (C=O) groups excluding carboxylic acids is 2. The number of nitrogens with zero attached hydrogens (tertiary/aromatic N) is 2. The van der Waals surface area contributed by atoms with Crippen molar-refractivity contribution in [3.63, 3.8) is 0 Å². The van der Waals surface area contributed by atoms with Gasteiger partial charge in [-0.05, 0) is 29.8 Å². The summed E-state index contributed by atoms with van der Waals surface area (Å²) in [6, 6.07) is 13.6. The minimum Gasteiger partial charge on any atom is -0.481 e. The van der Waals surface area contributed by atoms with E-state index >= 15 is 0 Å². The van der Waals surface area contributed by atoms with Crippen molar-refractivity contribution in [2.24, 2.45) is 5.73 Å². The normalized spacial score (nSPS) is 9.93. The van der Waals surface area contributed by atoms with Gasteiger partial charge in [-0.3, -0.25) is 9.59 Å². The number of amides is 3. The number of hydrogen-bond donors (Lipinski definition) is 3. The predicted octanol–water partition coefficient (Wildman–Crippen LogP) is 2.33. The fourth-order valence-electron chi connectivity index (χ4n) is 2.15. The molecule has 0 aliphatic heterocycles. The quantitative estimate of drug-likeness (QED) is 0.631. The van der Waals surface area contributed by atoms with E-state index in [0.717, 1.165) is 0 Å². The molecule has 2 aromatic carbocycles. The van der Waals surface area contributed by atoms with Gasteiger partial charge in [0.2, 0.25) is 0 Å². The summed E-state index contributed by atoms with van der Waals surface area (Å²) in [6.07, 6.45) is -0.0499. The van der Waals surface area contributed by atoms with E-state index in [1.807, 2.05) is 6.07 Å². The van der Waals surface area contributed by atoms with E-state index in [9.17, 15) is 14.4 Å². The lowest BCUT2D eigenvalue weighted by Crippen LogP contribution is -2.27. The summed E-state index contributed by atoms with van der Waals surface area (Å²) in [6.45, 7) is 0. The number of aliphatic carboxylic acids is 1. The first kappa shape index (κ1) is 20.4. The summed E-state index contributed by atoms with van der Waals surface area (Å²) in [5.74, 6) is -1.58. The smallest absolute Gasteiger partial charge is 0.321 e. The highest BCUT2D eigenvalue weighted by atomic mass is 16.4. The standard InChI is InChI=1S/C11H14N2O3.C8H6N2O2/c1-13(2)11(16)12-9-5-3-4-8(6-9)7-10(14)15;9-7(11)8-10-5-3-1-2-4-6(5)12-8/h3-6H,7H2,1-2H3,(H,12,16)(H,14,15);1-4H,(H2,9,11). The van der Waals surface area contributed by atoms with Gasteiger partial charge in [-0.2, -0.15) is 0 Å². The first-order valence-electron chi connectivity index (χ1n) is 8.20. The number of carbonyl (C=O) groups is 3. The van der Waals surface area contributed by atoms with E-state index in [1.54, 1.807) is 56.6 Å². The SMILES string of the molecule is CN(C)C(=O)Nc1cccc(CC(=O)O)c1.NC(=O)c1nc2ccccc2o1. The molecular weight excluding hydrogens is 364 g/mol. The Hall–Kier alpha value is -3.88. The Labute approximate surface area is 160 Å². The van der Waals surface area contributed by atoms with Crippen LogP contribution in [0.1, 0.15) is 16.2 Å². The molecule has 4 N–H and O–H groups in total. The van der Waals surface area contributed by atoms with E-state index in [-0.39, 0.29) is 18.3 Å². The number of carboxylic acids is 1. The number of rotatable bonds is 4. The number of hydrogen-bond acceptors (Lipinski definition) is 5. The zero-order valence-electron chi connectivity index (χ0n) is 15.4. The maximum atomic E-state index is 11.3. The molecule has 28 heavy (non-hydrogen) atoms. The zero-order chi connectivity index (χ0) is 20.7. The van der Waals surface area contributed by atoms with Gasteiger partial charge in [0.25, 0.3) is 5.89 Å². The number of nitrogens with two attached hydrogens (primary N) is 1. The van der Waals surface area contributed by atoms with Crippen LogP contribution in [0.25, 0.3) is 11.1 Å². The largest absolute Gasteiger partial charge is 0.481 e. The number of aromatic nitrogens is 1. The summed E-state index contributed by atoms with van der Waals surface area (Å²) < 4.78 is 5.04. The molecule has 0 radical (unpaired) electrons. The lowest BCUT2D eigenvalue weighted by atomic mass is 10.1. The zero-order valence-corrected chi connectivity index (χ0v) is 15.4. The number of para-hydroxylation sites is 2. The first-order chi connectivity index (χ1) is 13.3. The molecule has 0 saturated carbocycles. The summed E-state index contributed by atoms with van der Waals surface area (Å²) in [7, 11) is 3.27. The third-order valence-electron chi connectivity index (χ3n) is 3.44. The van der Waals surface area contributed by atoms with Crippen molar-refractivity contribution in [1.29, 1.82) is 0 Å². The minimum absolute atomic E-state index is 0.0452. The number of nitrogens with one attached hydrogen (secondary N) is 1. The highest BCUT2D eigenvalue weighted by Crippen LogP contribution is 2.14. The molecule has 9 nitrogen and oxygen atoms in total. The fourth-order valence-corrected chi connectivity index (χ4v) is 2.15. The molecule has 0 atom stereocenters. The Morgan fingerprint density at radius 1 is 1.14 bits per heavy atom. The number of anilines is 1. The average molecular weight is 384 g/mol. The van der Waals surface area contributed by atoms with Crippen molar-refractivity contribution in [3.05, 3.63) is 60.0 Å². The van der Waals surface area contributed by atoms with Crippen LogP contribution >= 0.6 is 0 Å². The van der Waals surface area contributed by atoms with Crippen LogP contribution in [0.15, 0.2) is 52.9 Å². The van der Waals surface area contributed by atoms with E-state index in [4.69, 9.17) is 15.3 Å². The van der Waals surface area contributed by atoms with Crippen LogP contribution in [-0.4, -0.2) is 47.0 Å². The summed E-state index contributed by atoms with van der Waals surface area (Å²) in [5.41, 5.74) is 7.45. The molecule has 1 aromatic heterocycles. The predicted molar refractivity (Wildman–Crippen MR) is 103 cm³/mol. The molecule has 0 fully saturated rings. The van der Waals surface area contributed by atoms with Crippen molar-refractivity contribution in [2.75, 3.05) is 19.4 Å². The highest BCUT2D eigenvalue weighted by molar-refractivity contribution is 5.91. The molecule has 1 heterocycles. The van der Waals surface area contributed by atoms with Gasteiger partial charge in [0.15, 0.2) is 5.58 Å². The molecule has 0 saturated heterocycles. The maximum Gasteiger partial charge on any atom is 0.321 e. The van der Waals surface area contributed by atoms with Gasteiger partial charge in [-0.25, -0.2) is 9.78 Å². The third-order valence-corrected chi connectivity index (χ3v) is 3.44. The lowest BCUT2D eigenvalue weighted by Gasteiger charge is -2.12. The Bertz CT molecular complexity index is 964. The van der Waals surface area contributed by atoms with Crippen LogP contribution in [0.5, 0.6) is 0 Å².